The lowest BCUT2D eigenvalue weighted by Gasteiger charge is -2.07. The van der Waals surface area contributed by atoms with Crippen LogP contribution in [0, 0.1) is 13.8 Å². The lowest BCUT2D eigenvalue weighted by Crippen LogP contribution is -1.94. The summed E-state index contributed by atoms with van der Waals surface area (Å²) in [5, 5.41) is 2.11. The van der Waals surface area contributed by atoms with E-state index in [1.807, 2.05) is 6.20 Å². The second-order valence-corrected chi connectivity index (χ2v) is 5.30. The molecular weight excluding hydrogens is 228 g/mol. The fraction of sp³-hybridized carbons (Fsp3) is 0.214. The number of hydrogen-bond donors (Lipinski definition) is 0. The molecule has 17 heavy (non-hydrogen) atoms. The van der Waals surface area contributed by atoms with Crippen molar-refractivity contribution in [2.45, 2.75) is 13.8 Å². The zero-order chi connectivity index (χ0) is 12.0. The van der Waals surface area contributed by atoms with E-state index in [-0.39, 0.29) is 0 Å². The molecular formula is C14H14N2S. The third-order valence-corrected chi connectivity index (χ3v) is 4.23. The maximum atomic E-state index is 4.57. The molecule has 3 aromatic heterocycles. The molecule has 0 saturated heterocycles. The second kappa shape index (κ2) is 3.70. The van der Waals surface area contributed by atoms with Gasteiger partial charge in [-0.25, -0.2) is 0 Å². The van der Waals surface area contributed by atoms with Crippen molar-refractivity contribution in [3.63, 3.8) is 0 Å². The van der Waals surface area contributed by atoms with Crippen molar-refractivity contribution < 1.29 is 0 Å². The van der Waals surface area contributed by atoms with Crippen LogP contribution in [0.3, 0.4) is 0 Å². The van der Waals surface area contributed by atoms with Crippen LogP contribution in [0.25, 0.3) is 21.5 Å². The van der Waals surface area contributed by atoms with Gasteiger partial charge >= 0.3 is 0 Å². The number of fused-ring (bicyclic) bond motifs is 1. The van der Waals surface area contributed by atoms with Crippen molar-refractivity contribution in [3.05, 3.63) is 41.0 Å². The minimum Gasteiger partial charge on any atom is -0.346 e. The van der Waals surface area contributed by atoms with Gasteiger partial charge in [-0.3, -0.25) is 4.98 Å². The monoisotopic (exact) mass is 242 g/mol. The van der Waals surface area contributed by atoms with Crippen LogP contribution in [0.15, 0.2) is 29.8 Å². The Kier molecular flexibility index (Phi) is 2.30. The zero-order valence-corrected chi connectivity index (χ0v) is 11.0. The molecule has 3 aromatic rings. The van der Waals surface area contributed by atoms with Gasteiger partial charge in [-0.15, -0.1) is 11.3 Å². The molecule has 86 valence electrons. The van der Waals surface area contributed by atoms with Crippen LogP contribution in [0.2, 0.25) is 0 Å². The van der Waals surface area contributed by atoms with E-state index in [0.29, 0.717) is 0 Å². The largest absolute Gasteiger partial charge is 0.346 e. The van der Waals surface area contributed by atoms with Crippen molar-refractivity contribution in [2.24, 2.45) is 7.05 Å². The first-order chi connectivity index (χ1) is 8.18. The van der Waals surface area contributed by atoms with E-state index in [1.165, 1.54) is 27.2 Å². The molecule has 0 unspecified atom stereocenters. The number of pyridine rings is 1. The molecule has 0 amide bonds. The number of nitrogens with zero attached hydrogens (tertiary/aromatic N) is 2. The minimum atomic E-state index is 1.09. The first kappa shape index (κ1) is 10.5. The standard InChI is InChI=1S/C14H14N2S/c1-9-7-12-14(16(9)3)10(2)11(8-15-12)13-5-4-6-17-13/h4-8H,1-3H3. The molecule has 3 heterocycles. The van der Waals surface area contributed by atoms with E-state index in [1.54, 1.807) is 11.3 Å². The first-order valence-corrected chi connectivity index (χ1v) is 6.52. The van der Waals surface area contributed by atoms with Gasteiger partial charge < -0.3 is 4.57 Å². The maximum absolute atomic E-state index is 4.57. The lowest BCUT2D eigenvalue weighted by molar-refractivity contribution is 0.914. The molecule has 0 aliphatic carbocycles. The number of hydrogen-bond acceptors (Lipinski definition) is 2. The molecule has 0 aliphatic rings. The first-order valence-electron chi connectivity index (χ1n) is 5.64. The van der Waals surface area contributed by atoms with Gasteiger partial charge in [-0.2, -0.15) is 0 Å². The predicted octanol–water partition coefficient (Wildman–Crippen LogP) is 3.92. The summed E-state index contributed by atoms with van der Waals surface area (Å²) in [4.78, 5) is 5.85. The molecule has 0 radical (unpaired) electrons. The normalized spacial score (nSPS) is 11.2. The number of aryl methyl sites for hydroxylation is 3. The fourth-order valence-corrected chi connectivity index (χ4v) is 3.09. The molecule has 0 bridgehead atoms. The van der Waals surface area contributed by atoms with E-state index in [9.17, 15) is 0 Å². The highest BCUT2D eigenvalue weighted by atomic mass is 32.1. The van der Waals surface area contributed by atoms with Gasteiger partial charge in [-0.05, 0) is 36.9 Å². The summed E-state index contributed by atoms with van der Waals surface area (Å²) in [6.45, 7) is 4.30. The Balaban J connectivity index is 2.36. The van der Waals surface area contributed by atoms with Crippen molar-refractivity contribution in [3.8, 4) is 10.4 Å². The molecule has 0 fully saturated rings. The summed E-state index contributed by atoms with van der Waals surface area (Å²) >= 11 is 1.76. The fourth-order valence-electron chi connectivity index (χ4n) is 2.29. The smallest absolute Gasteiger partial charge is 0.0886 e. The Hall–Kier alpha value is -1.61. The van der Waals surface area contributed by atoms with E-state index >= 15 is 0 Å². The summed E-state index contributed by atoms with van der Waals surface area (Å²) in [6, 6.07) is 6.37. The average Bonchev–Trinajstić information content (AvgIpc) is 2.90. The molecule has 0 atom stereocenters. The van der Waals surface area contributed by atoms with Gasteiger partial charge in [0.15, 0.2) is 0 Å². The van der Waals surface area contributed by atoms with Gasteiger partial charge in [0.05, 0.1) is 11.0 Å². The van der Waals surface area contributed by atoms with Gasteiger partial charge in [0, 0.05) is 29.4 Å². The molecule has 0 N–H and O–H groups in total. The minimum absolute atomic E-state index is 1.09. The Morgan fingerprint density at radius 3 is 2.82 bits per heavy atom. The molecule has 3 rings (SSSR count). The number of rotatable bonds is 1. The molecule has 0 aliphatic heterocycles. The van der Waals surface area contributed by atoms with Crippen LogP contribution in [0.5, 0.6) is 0 Å². The Labute approximate surface area is 105 Å². The summed E-state index contributed by atoms with van der Waals surface area (Å²) in [6.07, 6.45) is 1.99. The van der Waals surface area contributed by atoms with Crippen LogP contribution in [0.1, 0.15) is 11.3 Å². The Morgan fingerprint density at radius 2 is 2.12 bits per heavy atom. The molecule has 0 spiro atoms. The van der Waals surface area contributed by atoms with Crippen molar-refractivity contribution in [1.82, 2.24) is 9.55 Å². The topological polar surface area (TPSA) is 17.8 Å². The SMILES string of the molecule is Cc1c(-c2cccs2)cnc2cc(C)n(C)c12. The third kappa shape index (κ3) is 1.50. The summed E-state index contributed by atoms with van der Waals surface area (Å²) in [5.74, 6) is 0. The van der Waals surface area contributed by atoms with Crippen LogP contribution < -0.4 is 0 Å². The zero-order valence-electron chi connectivity index (χ0n) is 10.2. The van der Waals surface area contributed by atoms with Crippen molar-refractivity contribution >= 4 is 22.4 Å². The van der Waals surface area contributed by atoms with Gasteiger partial charge in [0.1, 0.15) is 0 Å². The van der Waals surface area contributed by atoms with Crippen LogP contribution in [0.4, 0.5) is 0 Å². The Bertz CT molecular complexity index is 678. The summed E-state index contributed by atoms with van der Waals surface area (Å²) in [5.41, 5.74) is 6.14. The Morgan fingerprint density at radius 1 is 1.29 bits per heavy atom. The highest BCUT2D eigenvalue weighted by Gasteiger charge is 2.11. The molecule has 0 aromatic carbocycles. The van der Waals surface area contributed by atoms with Crippen molar-refractivity contribution in [1.29, 1.82) is 0 Å². The van der Waals surface area contributed by atoms with Gasteiger partial charge in [-0.1, -0.05) is 6.07 Å². The van der Waals surface area contributed by atoms with Crippen molar-refractivity contribution in [2.75, 3.05) is 0 Å². The van der Waals surface area contributed by atoms with E-state index in [0.717, 1.165) is 5.52 Å². The summed E-state index contributed by atoms with van der Waals surface area (Å²) < 4.78 is 2.22. The van der Waals surface area contributed by atoms with Gasteiger partial charge in [0.2, 0.25) is 0 Å². The predicted molar refractivity (Wildman–Crippen MR) is 73.5 cm³/mol. The molecule has 3 heteroatoms. The van der Waals surface area contributed by atoms with E-state index in [2.05, 4.69) is 54.0 Å². The van der Waals surface area contributed by atoms with E-state index in [4.69, 9.17) is 0 Å². The third-order valence-electron chi connectivity index (χ3n) is 3.33. The summed E-state index contributed by atoms with van der Waals surface area (Å²) in [7, 11) is 2.10. The highest BCUT2D eigenvalue weighted by molar-refractivity contribution is 7.13. The quantitative estimate of drug-likeness (QED) is 0.632. The second-order valence-electron chi connectivity index (χ2n) is 4.35. The number of thiophene rings is 1. The highest BCUT2D eigenvalue weighted by Crippen LogP contribution is 2.31. The maximum Gasteiger partial charge on any atom is 0.0886 e. The van der Waals surface area contributed by atoms with E-state index < -0.39 is 0 Å². The average molecular weight is 242 g/mol. The molecule has 2 nitrogen and oxygen atoms in total. The van der Waals surface area contributed by atoms with Crippen LogP contribution >= 0.6 is 11.3 Å². The number of aromatic nitrogens is 2. The lowest BCUT2D eigenvalue weighted by atomic mass is 10.1. The van der Waals surface area contributed by atoms with Crippen LogP contribution in [-0.2, 0) is 7.05 Å². The molecule has 0 saturated carbocycles. The van der Waals surface area contributed by atoms with Gasteiger partial charge in [0.25, 0.3) is 0 Å². The van der Waals surface area contributed by atoms with Crippen LogP contribution in [-0.4, -0.2) is 9.55 Å².